The van der Waals surface area contributed by atoms with Gasteiger partial charge in [0.05, 0.1) is 10.2 Å². The lowest BCUT2D eigenvalue weighted by atomic mass is 9.72. The Bertz CT molecular complexity index is 661. The quantitative estimate of drug-likeness (QED) is 0.791. The van der Waals surface area contributed by atoms with Crippen molar-refractivity contribution in [2.75, 3.05) is 5.73 Å². The average Bonchev–Trinajstić information content (AvgIpc) is 2.77. The van der Waals surface area contributed by atoms with Gasteiger partial charge in [-0.15, -0.1) is 0 Å². The number of nitrogens with zero attached hydrogens (tertiary/aromatic N) is 1. The van der Waals surface area contributed by atoms with Crippen molar-refractivity contribution in [1.82, 2.24) is 4.98 Å². The van der Waals surface area contributed by atoms with E-state index in [9.17, 15) is 0 Å². The third kappa shape index (κ3) is 2.59. The molecule has 0 fully saturated rings. The first-order valence-electron chi connectivity index (χ1n) is 7.29. The van der Waals surface area contributed by atoms with E-state index < -0.39 is 0 Å². The Morgan fingerprint density at radius 1 is 1.30 bits per heavy atom. The fourth-order valence-electron chi connectivity index (χ4n) is 3.03. The molecule has 1 aliphatic rings. The van der Waals surface area contributed by atoms with Gasteiger partial charge in [0.25, 0.3) is 0 Å². The molecule has 0 bridgehead atoms. The van der Waals surface area contributed by atoms with Crippen LogP contribution >= 0.6 is 11.3 Å². The van der Waals surface area contributed by atoms with Crippen LogP contribution in [0, 0.1) is 11.3 Å². The summed E-state index contributed by atoms with van der Waals surface area (Å²) >= 11 is 1.56. The molecule has 0 spiro atoms. The first kappa shape index (κ1) is 13.6. The Kier molecular flexibility index (Phi) is 3.33. The number of nitrogens with two attached hydrogens (primary N) is 1. The van der Waals surface area contributed by atoms with Crippen molar-refractivity contribution in [1.29, 1.82) is 0 Å². The van der Waals surface area contributed by atoms with Crippen molar-refractivity contribution in [3.8, 4) is 0 Å². The van der Waals surface area contributed by atoms with Crippen LogP contribution in [-0.4, -0.2) is 4.98 Å². The van der Waals surface area contributed by atoms with Gasteiger partial charge < -0.3 is 5.73 Å². The first-order chi connectivity index (χ1) is 9.43. The highest BCUT2D eigenvalue weighted by atomic mass is 32.1. The number of nitrogen functional groups attached to an aromatic ring is 1. The second kappa shape index (κ2) is 4.88. The Balaban J connectivity index is 1.87. The molecular formula is C17H22N2S. The van der Waals surface area contributed by atoms with E-state index in [1.165, 1.54) is 35.1 Å². The van der Waals surface area contributed by atoms with Gasteiger partial charge in [0.15, 0.2) is 5.13 Å². The van der Waals surface area contributed by atoms with E-state index in [4.69, 9.17) is 5.73 Å². The second-order valence-corrected chi connectivity index (χ2v) is 7.86. The highest BCUT2D eigenvalue weighted by Crippen LogP contribution is 2.40. The summed E-state index contributed by atoms with van der Waals surface area (Å²) < 4.78 is 1.18. The molecule has 1 atom stereocenters. The van der Waals surface area contributed by atoms with E-state index in [1.54, 1.807) is 11.3 Å². The van der Waals surface area contributed by atoms with Crippen molar-refractivity contribution in [3.05, 3.63) is 29.8 Å². The maximum atomic E-state index is 5.78. The topological polar surface area (TPSA) is 38.9 Å². The minimum atomic E-state index is 0.412. The molecule has 2 aromatic rings. The maximum absolute atomic E-state index is 5.78. The molecule has 0 saturated heterocycles. The predicted octanol–water partition coefficient (Wildman–Crippen LogP) is 5.11. The lowest BCUT2D eigenvalue weighted by molar-refractivity contribution is 0.225. The Morgan fingerprint density at radius 3 is 2.75 bits per heavy atom. The molecule has 1 aliphatic carbocycles. The summed E-state index contributed by atoms with van der Waals surface area (Å²) in [5.74, 6) is 0.796. The van der Waals surface area contributed by atoms with Gasteiger partial charge >= 0.3 is 0 Å². The van der Waals surface area contributed by atoms with Crippen molar-refractivity contribution in [2.45, 2.75) is 40.0 Å². The van der Waals surface area contributed by atoms with E-state index in [2.05, 4.69) is 50.0 Å². The molecular weight excluding hydrogens is 264 g/mol. The summed E-state index contributed by atoms with van der Waals surface area (Å²) in [6, 6.07) is 6.55. The maximum Gasteiger partial charge on any atom is 0.181 e. The van der Waals surface area contributed by atoms with Gasteiger partial charge in [-0.25, -0.2) is 4.98 Å². The third-order valence-electron chi connectivity index (χ3n) is 4.41. The number of fused-ring (bicyclic) bond motifs is 1. The Morgan fingerprint density at radius 2 is 2.10 bits per heavy atom. The van der Waals surface area contributed by atoms with E-state index in [0.29, 0.717) is 10.5 Å². The van der Waals surface area contributed by atoms with Gasteiger partial charge in [-0.3, -0.25) is 0 Å². The molecule has 0 saturated carbocycles. The lowest BCUT2D eigenvalue weighted by Gasteiger charge is -2.33. The molecule has 0 radical (unpaired) electrons. The van der Waals surface area contributed by atoms with Crippen LogP contribution in [0.1, 0.15) is 45.6 Å². The van der Waals surface area contributed by atoms with Crippen molar-refractivity contribution < 1.29 is 0 Å². The van der Waals surface area contributed by atoms with E-state index in [1.807, 2.05) is 0 Å². The van der Waals surface area contributed by atoms with Gasteiger partial charge in [0.2, 0.25) is 0 Å². The molecule has 2 N–H and O–H groups in total. The Hall–Kier alpha value is -1.35. The zero-order valence-electron chi connectivity index (χ0n) is 12.4. The lowest BCUT2D eigenvalue weighted by Crippen LogP contribution is -2.21. The largest absolute Gasteiger partial charge is 0.375 e. The molecule has 2 nitrogen and oxygen atoms in total. The number of anilines is 1. The van der Waals surface area contributed by atoms with Crippen molar-refractivity contribution in [2.24, 2.45) is 11.3 Å². The van der Waals surface area contributed by atoms with Gasteiger partial charge in [0.1, 0.15) is 0 Å². The molecule has 1 aromatic carbocycles. The monoisotopic (exact) mass is 286 g/mol. The van der Waals surface area contributed by atoms with Crippen LogP contribution in [0.3, 0.4) is 0 Å². The van der Waals surface area contributed by atoms with Gasteiger partial charge in [-0.2, -0.15) is 0 Å². The normalized spacial score (nSPS) is 20.1. The molecule has 3 heteroatoms. The molecule has 20 heavy (non-hydrogen) atoms. The second-order valence-electron chi connectivity index (χ2n) is 6.80. The van der Waals surface area contributed by atoms with Crippen LogP contribution < -0.4 is 5.73 Å². The van der Waals surface area contributed by atoms with Crippen LogP contribution in [0.2, 0.25) is 0 Å². The zero-order valence-corrected chi connectivity index (χ0v) is 13.3. The number of rotatable bonds is 1. The summed E-state index contributed by atoms with van der Waals surface area (Å²) in [5, 5.41) is 0.655. The molecule has 1 heterocycles. The van der Waals surface area contributed by atoms with Crippen LogP contribution in [-0.2, 0) is 0 Å². The van der Waals surface area contributed by atoms with E-state index >= 15 is 0 Å². The molecule has 1 unspecified atom stereocenters. The van der Waals surface area contributed by atoms with Crippen LogP contribution in [0.15, 0.2) is 24.3 Å². The number of hydrogen-bond acceptors (Lipinski definition) is 3. The number of aromatic nitrogens is 1. The van der Waals surface area contributed by atoms with E-state index in [-0.39, 0.29) is 0 Å². The van der Waals surface area contributed by atoms with E-state index in [0.717, 1.165) is 11.4 Å². The number of hydrogen-bond donors (Lipinski definition) is 1. The molecule has 106 valence electrons. The fourth-order valence-corrected chi connectivity index (χ4v) is 3.74. The first-order valence-corrected chi connectivity index (χ1v) is 8.10. The molecule has 0 aliphatic heterocycles. The summed E-state index contributed by atoms with van der Waals surface area (Å²) in [7, 11) is 0. The van der Waals surface area contributed by atoms with Gasteiger partial charge in [-0.1, -0.05) is 44.3 Å². The van der Waals surface area contributed by atoms with Crippen molar-refractivity contribution in [3.63, 3.8) is 0 Å². The number of thiazole rings is 1. The smallest absolute Gasteiger partial charge is 0.181 e. The number of benzene rings is 1. The summed E-state index contributed by atoms with van der Waals surface area (Å²) in [6.07, 6.45) is 6.08. The minimum absolute atomic E-state index is 0.412. The third-order valence-corrected chi connectivity index (χ3v) is 5.28. The number of allylic oxidation sites excluding steroid dienone is 2. The average molecular weight is 286 g/mol. The molecule has 1 aromatic heterocycles. The highest BCUT2D eigenvalue weighted by Gasteiger charge is 2.26. The zero-order chi connectivity index (χ0) is 14.3. The highest BCUT2D eigenvalue weighted by molar-refractivity contribution is 7.22. The predicted molar refractivity (Wildman–Crippen MR) is 88.8 cm³/mol. The Labute approximate surface area is 124 Å². The summed E-state index contributed by atoms with van der Waals surface area (Å²) in [4.78, 5) is 4.39. The van der Waals surface area contributed by atoms with Crippen LogP contribution in [0.5, 0.6) is 0 Å². The van der Waals surface area contributed by atoms with Crippen molar-refractivity contribution >= 4 is 32.3 Å². The summed E-state index contributed by atoms with van der Waals surface area (Å²) in [6.45, 7) is 7.04. The molecule has 0 amide bonds. The van der Waals surface area contributed by atoms with Crippen LogP contribution in [0.4, 0.5) is 5.13 Å². The van der Waals surface area contributed by atoms with Crippen LogP contribution in [0.25, 0.3) is 15.8 Å². The summed E-state index contributed by atoms with van der Waals surface area (Å²) in [5.41, 5.74) is 10.0. The fraction of sp³-hybridized carbons (Fsp3) is 0.471. The standard InChI is InChI=1S/C17H22N2S/c1-17(2,3)13-7-4-11(5-8-13)12-6-9-15-14(10-12)19-16(18)20-15/h4,6,9-10,13H,5,7-8H2,1-3H3,(H2,18,19). The minimum Gasteiger partial charge on any atom is -0.375 e. The molecule has 3 rings (SSSR count). The SMILES string of the molecule is CC(C)(C)C1CC=C(c2ccc3sc(N)nc3c2)CC1. The van der Waals surface area contributed by atoms with Gasteiger partial charge in [-0.05, 0) is 53.9 Å². The van der Waals surface area contributed by atoms with Gasteiger partial charge in [0, 0.05) is 0 Å².